The Morgan fingerprint density at radius 1 is 0.857 bits per heavy atom. The van der Waals surface area contributed by atoms with Crippen LogP contribution in [0.1, 0.15) is 27.0 Å². The minimum Gasteiger partial charge on any atom is -0.289 e. The number of halogens is 1. The van der Waals surface area contributed by atoms with Gasteiger partial charge >= 0.3 is 0 Å². The lowest BCUT2D eigenvalue weighted by Gasteiger charge is -2.08. The van der Waals surface area contributed by atoms with E-state index in [2.05, 4.69) is 18.2 Å². The van der Waals surface area contributed by atoms with Crippen molar-refractivity contribution in [2.24, 2.45) is 0 Å². The van der Waals surface area contributed by atoms with E-state index in [4.69, 9.17) is 11.6 Å². The fourth-order valence-corrected chi connectivity index (χ4v) is 3.33. The van der Waals surface area contributed by atoms with Crippen molar-refractivity contribution < 1.29 is 4.79 Å². The van der Waals surface area contributed by atoms with Gasteiger partial charge in [0.2, 0.25) is 0 Å². The van der Waals surface area contributed by atoms with Crippen LogP contribution < -0.4 is 0 Å². The van der Waals surface area contributed by atoms with E-state index in [9.17, 15) is 4.79 Å². The Labute approximate surface area is 128 Å². The van der Waals surface area contributed by atoms with E-state index < -0.39 is 0 Å². The van der Waals surface area contributed by atoms with Gasteiger partial charge in [0.25, 0.3) is 0 Å². The molecule has 0 bridgehead atoms. The summed E-state index contributed by atoms with van der Waals surface area (Å²) in [5, 5.41) is 2.99. The highest BCUT2D eigenvalue weighted by atomic mass is 35.5. The van der Waals surface area contributed by atoms with Gasteiger partial charge < -0.3 is 0 Å². The summed E-state index contributed by atoms with van der Waals surface area (Å²) >= 11 is 5.90. The Morgan fingerprint density at radius 3 is 2.33 bits per heavy atom. The number of benzene rings is 3. The number of rotatable bonds is 2. The maximum absolute atomic E-state index is 12.8. The second-order valence-corrected chi connectivity index (χ2v) is 5.88. The minimum atomic E-state index is 0.0577. The van der Waals surface area contributed by atoms with E-state index in [0.29, 0.717) is 10.6 Å². The molecule has 0 unspecified atom stereocenters. The number of hydrogen-bond acceptors (Lipinski definition) is 1. The maximum atomic E-state index is 12.8. The monoisotopic (exact) mass is 292 g/mol. The molecule has 3 aromatic carbocycles. The van der Waals surface area contributed by atoms with Crippen molar-refractivity contribution in [2.75, 3.05) is 0 Å². The van der Waals surface area contributed by atoms with Crippen LogP contribution in [0.3, 0.4) is 0 Å². The average molecular weight is 293 g/mol. The smallest absolute Gasteiger partial charge is 0.193 e. The molecule has 1 aliphatic carbocycles. The Hall–Kier alpha value is -2.12. The molecule has 0 heterocycles. The Balaban J connectivity index is 1.92. The molecule has 0 atom stereocenters. The van der Waals surface area contributed by atoms with Crippen LogP contribution in [0.2, 0.25) is 5.02 Å². The third-order valence-corrected chi connectivity index (χ3v) is 4.48. The Bertz CT molecular complexity index is 852. The minimum absolute atomic E-state index is 0.0577. The lowest BCUT2D eigenvalue weighted by Crippen LogP contribution is -2.02. The Morgan fingerprint density at radius 2 is 1.57 bits per heavy atom. The highest BCUT2D eigenvalue weighted by molar-refractivity contribution is 6.30. The molecule has 0 spiro atoms. The number of carbonyl (C=O) groups excluding carboxylic acids is 1. The zero-order chi connectivity index (χ0) is 14.4. The molecule has 0 saturated heterocycles. The van der Waals surface area contributed by atoms with Gasteiger partial charge in [0.1, 0.15) is 0 Å². The van der Waals surface area contributed by atoms with E-state index in [1.54, 1.807) is 24.3 Å². The highest BCUT2D eigenvalue weighted by Crippen LogP contribution is 2.33. The zero-order valence-electron chi connectivity index (χ0n) is 11.4. The SMILES string of the molecule is O=C(c1ccc(Cl)cc1)c1ccc2c3c(cccc13)CC2. The summed E-state index contributed by atoms with van der Waals surface area (Å²) in [5.41, 5.74) is 4.17. The predicted octanol–water partition coefficient (Wildman–Crippen LogP) is 4.82. The van der Waals surface area contributed by atoms with Crippen molar-refractivity contribution in [3.05, 3.63) is 81.9 Å². The molecular weight excluding hydrogens is 280 g/mol. The summed E-state index contributed by atoms with van der Waals surface area (Å²) in [6.45, 7) is 0. The summed E-state index contributed by atoms with van der Waals surface area (Å²) in [6, 6.07) is 17.4. The first-order valence-corrected chi connectivity index (χ1v) is 7.45. The molecule has 21 heavy (non-hydrogen) atoms. The molecule has 1 nitrogen and oxygen atoms in total. The quantitative estimate of drug-likeness (QED) is 0.619. The molecule has 0 aliphatic heterocycles. The van der Waals surface area contributed by atoms with Crippen molar-refractivity contribution in [3.63, 3.8) is 0 Å². The molecular formula is C19H13ClO. The first-order chi connectivity index (χ1) is 10.2. The van der Waals surface area contributed by atoms with E-state index in [-0.39, 0.29) is 5.78 Å². The standard InChI is InChI=1S/C19H13ClO/c20-15-9-6-14(7-10-15)19(21)17-11-8-13-5-4-12-2-1-3-16(17)18(12)13/h1-3,6-11H,4-5H2. The van der Waals surface area contributed by atoms with Crippen LogP contribution in [0.25, 0.3) is 10.8 Å². The van der Waals surface area contributed by atoms with Gasteiger partial charge in [-0.2, -0.15) is 0 Å². The highest BCUT2D eigenvalue weighted by Gasteiger charge is 2.19. The van der Waals surface area contributed by atoms with Crippen LogP contribution >= 0.6 is 11.6 Å². The molecule has 2 heteroatoms. The van der Waals surface area contributed by atoms with Crippen molar-refractivity contribution in [1.82, 2.24) is 0 Å². The fourth-order valence-electron chi connectivity index (χ4n) is 3.20. The van der Waals surface area contributed by atoms with Gasteiger partial charge in [-0.05, 0) is 59.0 Å². The molecule has 3 aromatic rings. The van der Waals surface area contributed by atoms with Crippen molar-refractivity contribution in [2.45, 2.75) is 12.8 Å². The molecule has 0 fully saturated rings. The normalized spacial score (nSPS) is 12.8. The largest absolute Gasteiger partial charge is 0.289 e. The van der Waals surface area contributed by atoms with Crippen LogP contribution in [0.5, 0.6) is 0 Å². The van der Waals surface area contributed by atoms with Gasteiger partial charge in [-0.1, -0.05) is 41.9 Å². The second kappa shape index (κ2) is 4.71. The number of carbonyl (C=O) groups is 1. The van der Waals surface area contributed by atoms with E-state index in [1.807, 2.05) is 12.1 Å². The topological polar surface area (TPSA) is 17.1 Å². The van der Waals surface area contributed by atoms with Crippen molar-refractivity contribution in [1.29, 1.82) is 0 Å². The van der Waals surface area contributed by atoms with Crippen LogP contribution in [-0.2, 0) is 12.8 Å². The Kier molecular flexibility index (Phi) is 2.83. The average Bonchev–Trinajstić information content (AvgIpc) is 2.93. The van der Waals surface area contributed by atoms with Crippen molar-refractivity contribution >= 4 is 28.2 Å². The number of hydrogen-bond donors (Lipinski definition) is 0. The maximum Gasteiger partial charge on any atom is 0.193 e. The van der Waals surface area contributed by atoms with Crippen LogP contribution in [0, 0.1) is 0 Å². The van der Waals surface area contributed by atoms with Gasteiger partial charge in [-0.25, -0.2) is 0 Å². The van der Waals surface area contributed by atoms with Crippen LogP contribution in [0.15, 0.2) is 54.6 Å². The summed E-state index contributed by atoms with van der Waals surface area (Å²) in [7, 11) is 0. The molecule has 1 aliphatic rings. The number of ketones is 1. The van der Waals surface area contributed by atoms with Gasteiger partial charge in [0, 0.05) is 16.1 Å². The first-order valence-electron chi connectivity index (χ1n) is 7.08. The summed E-state index contributed by atoms with van der Waals surface area (Å²) in [5.74, 6) is 0.0577. The lowest BCUT2D eigenvalue weighted by molar-refractivity contribution is 0.104. The fraction of sp³-hybridized carbons (Fsp3) is 0.105. The number of aryl methyl sites for hydroxylation is 2. The summed E-state index contributed by atoms with van der Waals surface area (Å²) in [4.78, 5) is 12.8. The van der Waals surface area contributed by atoms with Gasteiger partial charge in [-0.15, -0.1) is 0 Å². The third-order valence-electron chi connectivity index (χ3n) is 4.23. The molecule has 4 rings (SSSR count). The van der Waals surface area contributed by atoms with Gasteiger partial charge in [-0.3, -0.25) is 4.79 Å². The van der Waals surface area contributed by atoms with E-state index in [1.165, 1.54) is 16.5 Å². The van der Waals surface area contributed by atoms with E-state index in [0.717, 1.165) is 23.8 Å². The lowest BCUT2D eigenvalue weighted by atomic mass is 9.95. The second-order valence-electron chi connectivity index (χ2n) is 5.45. The van der Waals surface area contributed by atoms with Gasteiger partial charge in [0.15, 0.2) is 5.78 Å². The molecule has 0 radical (unpaired) electrons. The predicted molar refractivity (Wildman–Crippen MR) is 86.2 cm³/mol. The van der Waals surface area contributed by atoms with Crippen LogP contribution in [-0.4, -0.2) is 5.78 Å². The van der Waals surface area contributed by atoms with Crippen molar-refractivity contribution in [3.8, 4) is 0 Å². The molecule has 0 amide bonds. The molecule has 0 aromatic heterocycles. The van der Waals surface area contributed by atoms with Gasteiger partial charge in [0.05, 0.1) is 0 Å². The zero-order valence-corrected chi connectivity index (χ0v) is 12.2. The van der Waals surface area contributed by atoms with E-state index >= 15 is 0 Å². The third kappa shape index (κ3) is 1.97. The summed E-state index contributed by atoms with van der Waals surface area (Å²) in [6.07, 6.45) is 2.15. The van der Waals surface area contributed by atoms with Crippen LogP contribution in [0.4, 0.5) is 0 Å². The molecule has 0 saturated carbocycles. The molecule has 0 N–H and O–H groups in total. The summed E-state index contributed by atoms with van der Waals surface area (Å²) < 4.78 is 0. The molecule has 102 valence electrons. The first kappa shape index (κ1) is 12.6.